The first-order chi connectivity index (χ1) is 16.8. The maximum absolute atomic E-state index is 12.9. The highest BCUT2D eigenvalue weighted by atomic mass is 16.5. The van der Waals surface area contributed by atoms with E-state index >= 15 is 0 Å². The first-order valence-electron chi connectivity index (χ1n) is 12.5. The number of carboxylic acid groups (broad SMARTS) is 1. The predicted octanol–water partition coefficient (Wildman–Crippen LogP) is 4.70. The number of hydrogen-bond donors (Lipinski definition) is 3. The fraction of sp³-hybridized carbons (Fsp3) is 0.464. The first kappa shape index (κ1) is 24.8. The van der Waals surface area contributed by atoms with Gasteiger partial charge in [0.2, 0.25) is 5.91 Å². The quantitative estimate of drug-likeness (QED) is 0.485. The molecule has 186 valence electrons. The van der Waals surface area contributed by atoms with Crippen LogP contribution < -0.4 is 10.6 Å². The minimum absolute atomic E-state index is 0.0342. The molecule has 0 aromatic heterocycles. The number of aliphatic carboxylic acids is 1. The summed E-state index contributed by atoms with van der Waals surface area (Å²) in [6.07, 6.45) is 2.60. The van der Waals surface area contributed by atoms with Crippen LogP contribution in [0.1, 0.15) is 63.0 Å². The van der Waals surface area contributed by atoms with Gasteiger partial charge in [0.15, 0.2) is 0 Å². The SMILES string of the molecule is CC(C)CCC(NC(=O)C1CCCC1NC(=O)OCC1c2ccccc2-c2ccccc21)C(=O)O. The molecule has 35 heavy (non-hydrogen) atoms. The van der Waals surface area contributed by atoms with Gasteiger partial charge in [0.25, 0.3) is 0 Å². The molecule has 2 aliphatic carbocycles. The molecule has 0 radical (unpaired) electrons. The van der Waals surface area contributed by atoms with Crippen molar-refractivity contribution < 1.29 is 24.2 Å². The molecule has 3 N–H and O–H groups in total. The van der Waals surface area contributed by atoms with Crippen LogP contribution in [-0.2, 0) is 14.3 Å². The van der Waals surface area contributed by atoms with Gasteiger partial charge in [-0.15, -0.1) is 0 Å². The number of fused-ring (bicyclic) bond motifs is 3. The Balaban J connectivity index is 1.34. The Labute approximate surface area is 206 Å². The van der Waals surface area contributed by atoms with Gasteiger partial charge in [-0.3, -0.25) is 4.79 Å². The van der Waals surface area contributed by atoms with E-state index in [1.807, 2.05) is 38.1 Å². The van der Waals surface area contributed by atoms with Gasteiger partial charge in [-0.2, -0.15) is 0 Å². The van der Waals surface area contributed by atoms with Crippen molar-refractivity contribution in [3.8, 4) is 11.1 Å². The summed E-state index contributed by atoms with van der Waals surface area (Å²) in [5, 5.41) is 15.0. The molecule has 2 aromatic carbocycles. The fourth-order valence-corrected chi connectivity index (χ4v) is 5.27. The van der Waals surface area contributed by atoms with Crippen LogP contribution in [0.3, 0.4) is 0 Å². The van der Waals surface area contributed by atoms with Gasteiger partial charge in [-0.25, -0.2) is 9.59 Å². The highest BCUT2D eigenvalue weighted by molar-refractivity contribution is 5.86. The molecule has 0 heterocycles. The van der Waals surface area contributed by atoms with Gasteiger partial charge in [-0.1, -0.05) is 68.8 Å². The van der Waals surface area contributed by atoms with Crippen LogP contribution in [-0.4, -0.2) is 41.8 Å². The Bertz CT molecular complexity index is 1040. The van der Waals surface area contributed by atoms with Crippen LogP contribution in [0.25, 0.3) is 11.1 Å². The standard InChI is InChI=1S/C28H34N2O5/c1-17(2)14-15-25(27(32)33)29-26(31)22-12-7-13-24(22)30-28(34)35-16-23-20-10-5-3-8-18(20)19-9-4-6-11-21(19)23/h3-6,8-11,17,22-25H,7,12-16H2,1-2H3,(H,29,31)(H,30,34)(H,32,33). The van der Waals surface area contributed by atoms with Crippen molar-refractivity contribution in [2.75, 3.05) is 6.61 Å². The van der Waals surface area contributed by atoms with E-state index in [1.165, 1.54) is 0 Å². The van der Waals surface area contributed by atoms with Crippen molar-refractivity contribution in [1.82, 2.24) is 10.6 Å². The lowest BCUT2D eigenvalue weighted by Gasteiger charge is -2.23. The third kappa shape index (κ3) is 5.66. The zero-order chi connectivity index (χ0) is 24.9. The molecule has 2 amide bonds. The minimum Gasteiger partial charge on any atom is -0.480 e. The number of amides is 2. The summed E-state index contributed by atoms with van der Waals surface area (Å²) in [7, 11) is 0. The van der Waals surface area contributed by atoms with Crippen molar-refractivity contribution >= 4 is 18.0 Å². The van der Waals surface area contributed by atoms with E-state index in [2.05, 4.69) is 34.9 Å². The number of ether oxygens (including phenoxy) is 1. The fourth-order valence-electron chi connectivity index (χ4n) is 5.27. The molecular formula is C28H34N2O5. The van der Waals surface area contributed by atoms with Crippen LogP contribution in [0.2, 0.25) is 0 Å². The molecule has 0 saturated heterocycles. The summed E-state index contributed by atoms with van der Waals surface area (Å²) in [6.45, 7) is 4.25. The maximum Gasteiger partial charge on any atom is 0.407 e. The van der Waals surface area contributed by atoms with E-state index in [0.717, 1.165) is 28.7 Å². The molecule has 1 saturated carbocycles. The number of benzene rings is 2. The Morgan fingerprint density at radius 1 is 0.971 bits per heavy atom. The van der Waals surface area contributed by atoms with Crippen LogP contribution >= 0.6 is 0 Å². The second kappa shape index (κ2) is 10.9. The Morgan fingerprint density at radius 3 is 2.20 bits per heavy atom. The highest BCUT2D eigenvalue weighted by Gasteiger charge is 2.36. The van der Waals surface area contributed by atoms with Crippen molar-refractivity contribution in [3.05, 3.63) is 59.7 Å². The molecular weight excluding hydrogens is 444 g/mol. The normalized spacial score (nSPS) is 19.6. The maximum atomic E-state index is 12.9. The van der Waals surface area contributed by atoms with E-state index in [4.69, 9.17) is 4.74 Å². The second-order valence-corrected chi connectivity index (χ2v) is 9.98. The zero-order valence-electron chi connectivity index (χ0n) is 20.3. The largest absolute Gasteiger partial charge is 0.480 e. The van der Waals surface area contributed by atoms with E-state index in [9.17, 15) is 19.5 Å². The lowest BCUT2D eigenvalue weighted by atomic mass is 9.98. The number of rotatable bonds is 9. The summed E-state index contributed by atoms with van der Waals surface area (Å²) < 4.78 is 5.64. The van der Waals surface area contributed by atoms with Crippen molar-refractivity contribution in [1.29, 1.82) is 0 Å². The molecule has 2 aliphatic rings. The molecule has 4 rings (SSSR count). The molecule has 0 spiro atoms. The lowest BCUT2D eigenvalue weighted by Crippen LogP contribution is -2.49. The monoisotopic (exact) mass is 478 g/mol. The summed E-state index contributed by atoms with van der Waals surface area (Å²) in [5.41, 5.74) is 4.60. The second-order valence-electron chi connectivity index (χ2n) is 9.98. The van der Waals surface area contributed by atoms with Gasteiger partial charge in [0, 0.05) is 12.0 Å². The molecule has 3 atom stereocenters. The average molecular weight is 479 g/mol. The van der Waals surface area contributed by atoms with Gasteiger partial charge >= 0.3 is 12.1 Å². The molecule has 7 nitrogen and oxygen atoms in total. The third-order valence-corrected chi connectivity index (χ3v) is 7.15. The average Bonchev–Trinajstić information content (AvgIpc) is 3.42. The number of alkyl carbamates (subject to hydrolysis) is 1. The van der Waals surface area contributed by atoms with Crippen molar-refractivity contribution in [2.45, 2.75) is 64.0 Å². The molecule has 3 unspecified atom stereocenters. The topological polar surface area (TPSA) is 105 Å². The summed E-state index contributed by atoms with van der Waals surface area (Å²) in [5.74, 6) is -1.49. The number of carbonyl (C=O) groups is 3. The number of carboxylic acids is 1. The molecule has 1 fully saturated rings. The highest BCUT2D eigenvalue weighted by Crippen LogP contribution is 2.44. The first-order valence-corrected chi connectivity index (χ1v) is 12.5. The van der Waals surface area contributed by atoms with Crippen molar-refractivity contribution in [2.24, 2.45) is 11.8 Å². The van der Waals surface area contributed by atoms with Crippen LogP contribution in [0.5, 0.6) is 0 Å². The third-order valence-electron chi connectivity index (χ3n) is 7.15. The van der Waals surface area contributed by atoms with Gasteiger partial charge in [-0.05, 0) is 53.9 Å². The van der Waals surface area contributed by atoms with E-state index in [0.29, 0.717) is 31.6 Å². The van der Waals surface area contributed by atoms with Crippen LogP contribution in [0.4, 0.5) is 4.79 Å². The van der Waals surface area contributed by atoms with Gasteiger partial charge < -0.3 is 20.5 Å². The zero-order valence-corrected chi connectivity index (χ0v) is 20.3. The molecule has 0 aliphatic heterocycles. The van der Waals surface area contributed by atoms with E-state index in [-0.39, 0.29) is 24.5 Å². The summed E-state index contributed by atoms with van der Waals surface area (Å²) in [4.78, 5) is 37.2. The van der Waals surface area contributed by atoms with E-state index in [1.54, 1.807) is 0 Å². The lowest BCUT2D eigenvalue weighted by molar-refractivity contribution is -0.142. The van der Waals surface area contributed by atoms with Crippen LogP contribution in [0, 0.1) is 11.8 Å². The van der Waals surface area contributed by atoms with Gasteiger partial charge in [0.1, 0.15) is 12.6 Å². The molecule has 7 heteroatoms. The number of nitrogens with one attached hydrogen (secondary N) is 2. The summed E-state index contributed by atoms with van der Waals surface area (Å²) >= 11 is 0. The Hall–Kier alpha value is -3.35. The number of hydrogen-bond acceptors (Lipinski definition) is 4. The van der Waals surface area contributed by atoms with Crippen LogP contribution in [0.15, 0.2) is 48.5 Å². The summed E-state index contributed by atoms with van der Waals surface area (Å²) in [6, 6.07) is 15.0. The molecule has 2 aromatic rings. The molecule has 0 bridgehead atoms. The minimum atomic E-state index is -1.03. The Kier molecular flexibility index (Phi) is 7.73. The van der Waals surface area contributed by atoms with E-state index < -0.39 is 24.0 Å². The smallest absolute Gasteiger partial charge is 0.407 e. The Morgan fingerprint density at radius 2 is 1.60 bits per heavy atom. The number of carbonyl (C=O) groups excluding carboxylic acids is 2. The van der Waals surface area contributed by atoms with Gasteiger partial charge in [0.05, 0.1) is 5.92 Å². The predicted molar refractivity (Wildman–Crippen MR) is 133 cm³/mol. The van der Waals surface area contributed by atoms with Crippen molar-refractivity contribution in [3.63, 3.8) is 0 Å².